The molecule has 0 radical (unpaired) electrons. The number of hydrogen-bond donors (Lipinski definition) is 0. The number of amides is 2. The third-order valence-corrected chi connectivity index (χ3v) is 3.42. The Morgan fingerprint density at radius 3 is 2.59 bits per heavy atom. The van der Waals surface area contributed by atoms with Crippen molar-refractivity contribution in [2.75, 3.05) is 0 Å². The molecule has 3 nitrogen and oxygen atoms in total. The molecule has 0 bridgehead atoms. The van der Waals surface area contributed by atoms with Gasteiger partial charge in [0.25, 0.3) is 5.91 Å². The van der Waals surface area contributed by atoms with Crippen molar-refractivity contribution in [3.05, 3.63) is 35.9 Å². The minimum atomic E-state index is -0.807. The standard InChI is InChI=1S/C13H14ClNO2/c1-2-8-13(14)9-11(16)15(13)12(17)10-6-4-3-5-7-10/h3-7H,2,8-9H2,1H3. The zero-order chi connectivity index (χ0) is 12.5. The van der Waals surface area contributed by atoms with E-state index in [2.05, 4.69) is 0 Å². The summed E-state index contributed by atoms with van der Waals surface area (Å²) in [7, 11) is 0. The first-order valence-electron chi connectivity index (χ1n) is 5.70. The lowest BCUT2D eigenvalue weighted by Crippen LogP contribution is -2.62. The lowest BCUT2D eigenvalue weighted by molar-refractivity contribution is -0.144. The highest BCUT2D eigenvalue weighted by atomic mass is 35.5. The topological polar surface area (TPSA) is 37.4 Å². The van der Waals surface area contributed by atoms with Crippen LogP contribution >= 0.6 is 11.6 Å². The molecule has 1 atom stereocenters. The first-order chi connectivity index (χ1) is 8.08. The van der Waals surface area contributed by atoms with Crippen molar-refractivity contribution in [1.29, 1.82) is 0 Å². The third-order valence-electron chi connectivity index (χ3n) is 2.93. The van der Waals surface area contributed by atoms with E-state index in [0.717, 1.165) is 6.42 Å². The molecule has 17 heavy (non-hydrogen) atoms. The highest BCUT2D eigenvalue weighted by Gasteiger charge is 2.52. The van der Waals surface area contributed by atoms with Gasteiger partial charge in [0.2, 0.25) is 5.91 Å². The molecule has 2 amide bonds. The average molecular weight is 252 g/mol. The smallest absolute Gasteiger partial charge is 0.261 e. The molecule has 1 aliphatic rings. The highest BCUT2D eigenvalue weighted by Crippen LogP contribution is 2.40. The van der Waals surface area contributed by atoms with Crippen molar-refractivity contribution in [2.45, 2.75) is 31.2 Å². The maximum atomic E-state index is 12.1. The summed E-state index contributed by atoms with van der Waals surface area (Å²) in [4.78, 5) is 24.1. The van der Waals surface area contributed by atoms with Crippen molar-refractivity contribution >= 4 is 23.4 Å². The van der Waals surface area contributed by atoms with Crippen molar-refractivity contribution in [3.63, 3.8) is 0 Å². The van der Waals surface area contributed by atoms with E-state index in [1.54, 1.807) is 24.3 Å². The lowest BCUT2D eigenvalue weighted by atomic mass is 9.95. The molecule has 90 valence electrons. The van der Waals surface area contributed by atoms with Gasteiger partial charge >= 0.3 is 0 Å². The molecule has 0 saturated carbocycles. The zero-order valence-electron chi connectivity index (χ0n) is 9.65. The van der Waals surface area contributed by atoms with Gasteiger partial charge in [-0.2, -0.15) is 0 Å². The fourth-order valence-electron chi connectivity index (χ4n) is 2.11. The van der Waals surface area contributed by atoms with Gasteiger partial charge in [-0.3, -0.25) is 14.5 Å². The number of rotatable bonds is 3. The van der Waals surface area contributed by atoms with E-state index in [9.17, 15) is 9.59 Å². The fourth-order valence-corrected chi connectivity index (χ4v) is 2.58. The second-order valence-electron chi connectivity index (χ2n) is 4.25. The van der Waals surface area contributed by atoms with Gasteiger partial charge in [0.1, 0.15) is 5.00 Å². The summed E-state index contributed by atoms with van der Waals surface area (Å²) in [5.41, 5.74) is 0.502. The molecule has 1 saturated heterocycles. The van der Waals surface area contributed by atoms with Crippen LogP contribution in [0, 0.1) is 0 Å². The zero-order valence-corrected chi connectivity index (χ0v) is 10.4. The van der Waals surface area contributed by atoms with Crippen molar-refractivity contribution in [2.24, 2.45) is 0 Å². The van der Waals surface area contributed by atoms with Crippen LogP contribution in [0.1, 0.15) is 36.5 Å². The van der Waals surface area contributed by atoms with Gasteiger partial charge < -0.3 is 0 Å². The second-order valence-corrected chi connectivity index (χ2v) is 4.95. The molecule has 1 unspecified atom stereocenters. The summed E-state index contributed by atoms with van der Waals surface area (Å²) in [5.74, 6) is -0.493. The molecule has 2 rings (SSSR count). The number of benzene rings is 1. The first-order valence-corrected chi connectivity index (χ1v) is 6.07. The minimum Gasteiger partial charge on any atom is -0.274 e. The normalized spacial score (nSPS) is 23.4. The Morgan fingerprint density at radius 2 is 2.06 bits per heavy atom. The number of halogens is 1. The summed E-state index contributed by atoms with van der Waals surface area (Å²) in [6, 6.07) is 8.75. The molecular weight excluding hydrogens is 238 g/mol. The van der Waals surface area contributed by atoms with E-state index in [1.165, 1.54) is 4.90 Å². The van der Waals surface area contributed by atoms with Crippen LogP contribution in [-0.2, 0) is 4.79 Å². The summed E-state index contributed by atoms with van der Waals surface area (Å²) >= 11 is 6.30. The van der Waals surface area contributed by atoms with E-state index < -0.39 is 5.00 Å². The lowest BCUT2D eigenvalue weighted by Gasteiger charge is -2.46. The Labute approximate surface area is 105 Å². The maximum absolute atomic E-state index is 12.1. The van der Waals surface area contributed by atoms with Gasteiger partial charge in [-0.1, -0.05) is 43.1 Å². The molecule has 0 aromatic heterocycles. The van der Waals surface area contributed by atoms with Gasteiger partial charge in [0.15, 0.2) is 0 Å². The number of likely N-dealkylation sites (tertiary alicyclic amines) is 1. The summed E-state index contributed by atoms with van der Waals surface area (Å²) in [6.45, 7) is 1.98. The van der Waals surface area contributed by atoms with Crippen LogP contribution in [-0.4, -0.2) is 21.7 Å². The highest BCUT2D eigenvalue weighted by molar-refractivity contribution is 6.31. The molecular formula is C13H14ClNO2. The van der Waals surface area contributed by atoms with Gasteiger partial charge in [0.05, 0.1) is 6.42 Å². The number of nitrogens with zero attached hydrogens (tertiary/aromatic N) is 1. The quantitative estimate of drug-likeness (QED) is 0.359. The molecule has 4 heteroatoms. The number of alkyl halides is 1. The first kappa shape index (κ1) is 12.1. The van der Waals surface area contributed by atoms with Crippen LogP contribution in [0.15, 0.2) is 30.3 Å². The average Bonchev–Trinajstić information content (AvgIpc) is 2.29. The Morgan fingerprint density at radius 1 is 1.41 bits per heavy atom. The predicted molar refractivity (Wildman–Crippen MR) is 65.7 cm³/mol. The van der Waals surface area contributed by atoms with Gasteiger partial charge in [0, 0.05) is 5.56 Å². The molecule has 1 aromatic rings. The molecule has 1 aromatic carbocycles. The summed E-state index contributed by atoms with van der Waals surface area (Å²) < 4.78 is 0. The van der Waals surface area contributed by atoms with Crippen molar-refractivity contribution in [1.82, 2.24) is 4.90 Å². The van der Waals surface area contributed by atoms with Crippen molar-refractivity contribution in [3.8, 4) is 0 Å². The molecule has 0 spiro atoms. The fraction of sp³-hybridized carbons (Fsp3) is 0.385. The number of carbonyl (C=O) groups excluding carboxylic acids is 2. The Kier molecular flexibility index (Phi) is 3.20. The molecule has 1 fully saturated rings. The van der Waals surface area contributed by atoms with E-state index in [4.69, 9.17) is 11.6 Å². The van der Waals surface area contributed by atoms with Crippen molar-refractivity contribution < 1.29 is 9.59 Å². The van der Waals surface area contributed by atoms with E-state index in [0.29, 0.717) is 12.0 Å². The maximum Gasteiger partial charge on any atom is 0.261 e. The van der Waals surface area contributed by atoms with Crippen LogP contribution < -0.4 is 0 Å². The molecule has 1 aliphatic heterocycles. The molecule has 0 aliphatic carbocycles. The Balaban J connectivity index is 2.22. The summed E-state index contributed by atoms with van der Waals surface area (Å²) in [6.07, 6.45) is 1.73. The monoisotopic (exact) mass is 251 g/mol. The number of imide groups is 1. The van der Waals surface area contributed by atoms with E-state index in [1.807, 2.05) is 13.0 Å². The van der Waals surface area contributed by atoms with Crippen LogP contribution in [0.4, 0.5) is 0 Å². The SMILES string of the molecule is CCCC1(Cl)CC(=O)N1C(=O)c1ccccc1. The number of hydrogen-bond acceptors (Lipinski definition) is 2. The summed E-state index contributed by atoms with van der Waals surface area (Å²) in [5, 5.41) is 0. The second kappa shape index (κ2) is 4.49. The minimum absolute atomic E-state index is 0.192. The van der Waals surface area contributed by atoms with Crippen LogP contribution in [0.25, 0.3) is 0 Å². The molecule has 0 N–H and O–H groups in total. The molecule has 1 heterocycles. The number of carbonyl (C=O) groups is 2. The van der Waals surface area contributed by atoms with Crippen LogP contribution in [0.3, 0.4) is 0 Å². The number of β-lactam (4-membered cyclic amide) rings is 1. The van der Waals surface area contributed by atoms with Gasteiger partial charge in [-0.05, 0) is 18.6 Å². The van der Waals surface area contributed by atoms with Crippen LogP contribution in [0.5, 0.6) is 0 Å². The Hall–Kier alpha value is -1.35. The largest absolute Gasteiger partial charge is 0.274 e. The van der Waals surface area contributed by atoms with Gasteiger partial charge in [-0.25, -0.2) is 0 Å². The van der Waals surface area contributed by atoms with Gasteiger partial charge in [-0.15, -0.1) is 0 Å². The van der Waals surface area contributed by atoms with E-state index in [-0.39, 0.29) is 18.2 Å². The predicted octanol–water partition coefficient (Wildman–Crippen LogP) is 2.79. The third kappa shape index (κ3) is 2.07. The Bertz CT molecular complexity index is 446. The van der Waals surface area contributed by atoms with E-state index >= 15 is 0 Å². The van der Waals surface area contributed by atoms with Crippen LogP contribution in [0.2, 0.25) is 0 Å².